The average Bonchev–Trinajstić information content (AvgIpc) is 2.27. The number of amidine groups is 1. The van der Waals surface area contributed by atoms with E-state index in [2.05, 4.69) is 4.99 Å². The average molecular weight is 242 g/mol. The van der Waals surface area contributed by atoms with E-state index in [1.54, 1.807) is 18.2 Å². The second-order valence-corrected chi connectivity index (χ2v) is 4.06. The number of hydrogen-bond donors (Lipinski definition) is 1. The summed E-state index contributed by atoms with van der Waals surface area (Å²) in [5, 5.41) is 0.541. The Morgan fingerprint density at radius 1 is 1.50 bits per heavy atom. The highest BCUT2D eigenvalue weighted by Crippen LogP contribution is 2.15. The van der Waals surface area contributed by atoms with E-state index in [9.17, 15) is 4.39 Å². The van der Waals surface area contributed by atoms with E-state index < -0.39 is 0 Å². The molecule has 0 saturated heterocycles. The number of nitrogens with zero attached hydrogens (tertiary/aromatic N) is 1. The first-order valence-electron chi connectivity index (χ1n) is 5.04. The molecule has 16 heavy (non-hydrogen) atoms. The van der Waals surface area contributed by atoms with Gasteiger partial charge in [-0.2, -0.15) is 0 Å². The molecule has 1 aromatic carbocycles. The summed E-state index contributed by atoms with van der Waals surface area (Å²) in [6, 6.07) is 6.33. The number of ether oxygens (including phenoxy) is 1. The fourth-order valence-corrected chi connectivity index (χ4v) is 1.66. The number of rotatable bonds is 5. The molecule has 2 N–H and O–H groups in total. The molecule has 88 valence electrons. The molecule has 3 nitrogen and oxygen atoms in total. The van der Waals surface area contributed by atoms with Crippen LogP contribution in [0.4, 0.5) is 4.39 Å². The van der Waals surface area contributed by atoms with Crippen molar-refractivity contribution in [1.29, 1.82) is 0 Å². The third-order valence-electron chi connectivity index (χ3n) is 1.74. The third-order valence-corrected chi connectivity index (χ3v) is 2.54. The Bertz CT molecular complexity index is 358. The van der Waals surface area contributed by atoms with Crippen molar-refractivity contribution in [2.45, 2.75) is 6.92 Å². The fraction of sp³-hybridized carbons (Fsp3) is 0.364. The molecule has 5 heteroatoms. The standard InChI is InChI=1S/C11H15FN2OS/c1-2-14-11(13)16-8-7-15-10-6-4-3-5-9(10)12/h3-6H,2,7-8H2,1H3,(H2,13,14). The number of nitrogens with two attached hydrogens (primary N) is 1. The molecule has 0 aliphatic carbocycles. The fourth-order valence-electron chi connectivity index (χ4n) is 1.06. The van der Waals surface area contributed by atoms with E-state index in [-0.39, 0.29) is 11.6 Å². The van der Waals surface area contributed by atoms with Crippen LogP contribution in [0.3, 0.4) is 0 Å². The van der Waals surface area contributed by atoms with E-state index in [0.717, 1.165) is 0 Å². The predicted octanol–water partition coefficient (Wildman–Crippen LogP) is 2.27. The first-order valence-corrected chi connectivity index (χ1v) is 6.02. The van der Waals surface area contributed by atoms with Gasteiger partial charge in [0.2, 0.25) is 0 Å². The summed E-state index contributed by atoms with van der Waals surface area (Å²) < 4.78 is 18.4. The minimum atomic E-state index is -0.345. The second-order valence-electron chi connectivity index (χ2n) is 2.94. The Hall–Kier alpha value is -1.23. The van der Waals surface area contributed by atoms with Gasteiger partial charge >= 0.3 is 0 Å². The van der Waals surface area contributed by atoms with Crippen LogP contribution in [-0.2, 0) is 0 Å². The molecule has 0 bridgehead atoms. The van der Waals surface area contributed by atoms with Crippen molar-refractivity contribution < 1.29 is 9.13 Å². The van der Waals surface area contributed by atoms with Gasteiger partial charge in [-0.25, -0.2) is 4.39 Å². The lowest BCUT2D eigenvalue weighted by Gasteiger charge is -2.06. The van der Waals surface area contributed by atoms with Crippen LogP contribution in [0.1, 0.15) is 6.92 Å². The summed E-state index contributed by atoms with van der Waals surface area (Å²) in [7, 11) is 0. The van der Waals surface area contributed by atoms with Crippen molar-refractivity contribution >= 4 is 16.9 Å². The maximum Gasteiger partial charge on any atom is 0.165 e. The maximum atomic E-state index is 13.1. The topological polar surface area (TPSA) is 47.6 Å². The molecule has 0 fully saturated rings. The van der Waals surface area contributed by atoms with E-state index in [0.29, 0.717) is 24.1 Å². The van der Waals surface area contributed by atoms with Gasteiger partial charge in [0.1, 0.15) is 0 Å². The number of halogens is 1. The van der Waals surface area contributed by atoms with Crippen LogP contribution in [0.25, 0.3) is 0 Å². The zero-order chi connectivity index (χ0) is 11.8. The largest absolute Gasteiger partial charge is 0.490 e. The Balaban J connectivity index is 2.26. The summed E-state index contributed by atoms with van der Waals surface area (Å²) in [4.78, 5) is 4.01. The molecule has 1 rings (SSSR count). The number of benzene rings is 1. The molecule has 0 aliphatic rings. The van der Waals surface area contributed by atoms with Crippen LogP contribution in [0, 0.1) is 5.82 Å². The second kappa shape index (κ2) is 7.11. The number of thioether (sulfide) groups is 1. The van der Waals surface area contributed by atoms with Crippen molar-refractivity contribution in [3.8, 4) is 5.75 Å². The van der Waals surface area contributed by atoms with Crippen LogP contribution in [0.5, 0.6) is 5.75 Å². The zero-order valence-electron chi connectivity index (χ0n) is 9.15. The van der Waals surface area contributed by atoms with Crippen molar-refractivity contribution in [3.05, 3.63) is 30.1 Å². The molecule has 0 saturated carbocycles. The van der Waals surface area contributed by atoms with Crippen molar-refractivity contribution in [3.63, 3.8) is 0 Å². The summed E-state index contributed by atoms with van der Waals surface area (Å²) in [6.45, 7) is 3.00. The highest BCUT2D eigenvalue weighted by atomic mass is 32.2. The summed E-state index contributed by atoms with van der Waals surface area (Å²) >= 11 is 1.41. The van der Waals surface area contributed by atoms with Gasteiger partial charge in [-0.3, -0.25) is 4.99 Å². The molecule has 0 heterocycles. The summed E-state index contributed by atoms with van der Waals surface area (Å²) in [6.07, 6.45) is 0. The molecular weight excluding hydrogens is 227 g/mol. The molecular formula is C11H15FN2OS. The van der Waals surface area contributed by atoms with Crippen molar-refractivity contribution in [2.24, 2.45) is 10.7 Å². The molecule has 0 spiro atoms. The SMILES string of the molecule is CCN=C(N)SCCOc1ccccc1F. The molecule has 0 unspecified atom stereocenters. The maximum absolute atomic E-state index is 13.1. The van der Waals surface area contributed by atoms with E-state index >= 15 is 0 Å². The minimum Gasteiger partial charge on any atom is -0.490 e. The number of para-hydroxylation sites is 1. The lowest BCUT2D eigenvalue weighted by atomic mass is 10.3. The van der Waals surface area contributed by atoms with Crippen LogP contribution < -0.4 is 10.5 Å². The van der Waals surface area contributed by atoms with Gasteiger partial charge in [-0.05, 0) is 19.1 Å². The number of aliphatic imine (C=N–C) groups is 1. The van der Waals surface area contributed by atoms with Gasteiger partial charge in [0, 0.05) is 12.3 Å². The molecule has 0 radical (unpaired) electrons. The van der Waals surface area contributed by atoms with E-state index in [1.165, 1.54) is 17.8 Å². The Morgan fingerprint density at radius 2 is 2.25 bits per heavy atom. The quantitative estimate of drug-likeness (QED) is 0.489. The highest BCUT2D eigenvalue weighted by molar-refractivity contribution is 8.13. The zero-order valence-corrected chi connectivity index (χ0v) is 9.97. The third kappa shape index (κ3) is 4.53. The number of hydrogen-bond acceptors (Lipinski definition) is 3. The van der Waals surface area contributed by atoms with Crippen molar-refractivity contribution in [2.75, 3.05) is 18.9 Å². The van der Waals surface area contributed by atoms with Crippen molar-refractivity contribution in [1.82, 2.24) is 0 Å². The van der Waals surface area contributed by atoms with Gasteiger partial charge in [-0.1, -0.05) is 23.9 Å². The van der Waals surface area contributed by atoms with E-state index in [4.69, 9.17) is 10.5 Å². The molecule has 1 aromatic rings. The van der Waals surface area contributed by atoms with Gasteiger partial charge < -0.3 is 10.5 Å². The van der Waals surface area contributed by atoms with Gasteiger partial charge in [-0.15, -0.1) is 0 Å². The van der Waals surface area contributed by atoms with Gasteiger partial charge in [0.05, 0.1) is 6.61 Å². The Labute approximate surface area is 98.9 Å². The van der Waals surface area contributed by atoms with Gasteiger partial charge in [0.25, 0.3) is 0 Å². The summed E-state index contributed by atoms with van der Waals surface area (Å²) in [5.74, 6) is 0.584. The lowest BCUT2D eigenvalue weighted by Crippen LogP contribution is -2.11. The normalized spacial score (nSPS) is 11.5. The van der Waals surface area contributed by atoms with Crippen LogP contribution >= 0.6 is 11.8 Å². The Morgan fingerprint density at radius 3 is 2.94 bits per heavy atom. The first-order chi connectivity index (χ1) is 7.74. The minimum absolute atomic E-state index is 0.272. The highest BCUT2D eigenvalue weighted by Gasteiger charge is 2.01. The van der Waals surface area contributed by atoms with Gasteiger partial charge in [0.15, 0.2) is 16.7 Å². The predicted molar refractivity (Wildman–Crippen MR) is 66.5 cm³/mol. The lowest BCUT2D eigenvalue weighted by molar-refractivity contribution is 0.325. The smallest absolute Gasteiger partial charge is 0.165 e. The molecule has 0 aliphatic heterocycles. The van der Waals surface area contributed by atoms with Crippen LogP contribution in [-0.4, -0.2) is 24.1 Å². The molecule has 0 aromatic heterocycles. The van der Waals surface area contributed by atoms with Crippen LogP contribution in [0.2, 0.25) is 0 Å². The summed E-state index contributed by atoms with van der Waals surface area (Å²) in [5.41, 5.74) is 5.58. The van der Waals surface area contributed by atoms with Crippen LogP contribution in [0.15, 0.2) is 29.3 Å². The first kappa shape index (κ1) is 12.8. The molecule has 0 atom stereocenters. The Kier molecular flexibility index (Phi) is 5.71. The molecule has 0 amide bonds. The monoisotopic (exact) mass is 242 g/mol. The van der Waals surface area contributed by atoms with E-state index in [1.807, 2.05) is 6.92 Å².